The number of alkyl halides is 2. The van der Waals surface area contributed by atoms with Gasteiger partial charge in [0.1, 0.15) is 12.3 Å². The Balaban J connectivity index is 1.63. The van der Waals surface area contributed by atoms with Crippen LogP contribution in [0.5, 0.6) is 0 Å². The van der Waals surface area contributed by atoms with Crippen LogP contribution < -0.4 is 0 Å². The number of hydrogen-bond acceptors (Lipinski definition) is 3. The lowest BCUT2D eigenvalue weighted by Crippen LogP contribution is -2.71. The van der Waals surface area contributed by atoms with Crippen molar-refractivity contribution < 1.29 is 23.4 Å². The molecule has 7 unspecified atom stereocenters. The number of morpholine rings is 1. The van der Waals surface area contributed by atoms with Gasteiger partial charge in [-0.2, -0.15) is 0 Å². The lowest BCUT2D eigenvalue weighted by Gasteiger charge is -2.59. The van der Waals surface area contributed by atoms with E-state index in [-0.39, 0.29) is 18.0 Å². The van der Waals surface area contributed by atoms with Crippen molar-refractivity contribution >= 4 is 5.97 Å². The van der Waals surface area contributed by atoms with Crippen molar-refractivity contribution in [3.8, 4) is 0 Å². The van der Waals surface area contributed by atoms with E-state index in [1.165, 1.54) is 32.1 Å². The van der Waals surface area contributed by atoms with Gasteiger partial charge in [0.25, 0.3) is 0 Å². The number of aliphatic carboxylic acids is 1. The highest BCUT2D eigenvalue weighted by Gasteiger charge is 2.59. The topological polar surface area (TPSA) is 49.8 Å². The highest BCUT2D eigenvalue weighted by atomic mass is 19.2. The molecule has 0 radical (unpaired) electrons. The van der Waals surface area contributed by atoms with Gasteiger partial charge in [0.05, 0.1) is 12.5 Å². The van der Waals surface area contributed by atoms with E-state index in [1.807, 2.05) is 0 Å². The van der Waals surface area contributed by atoms with Gasteiger partial charge in [-0.1, -0.05) is 51.2 Å². The van der Waals surface area contributed by atoms with Crippen LogP contribution in [-0.2, 0) is 9.53 Å². The minimum atomic E-state index is -1.66. The zero-order valence-electron chi connectivity index (χ0n) is 16.0. The molecule has 2 saturated heterocycles. The van der Waals surface area contributed by atoms with E-state index in [0.29, 0.717) is 24.6 Å². The molecule has 0 amide bonds. The number of carboxylic acid groups (broad SMARTS) is 1. The van der Waals surface area contributed by atoms with Crippen LogP contribution in [0.3, 0.4) is 0 Å². The quantitative estimate of drug-likeness (QED) is 0.757. The highest BCUT2D eigenvalue weighted by molar-refractivity contribution is 5.74. The van der Waals surface area contributed by atoms with Gasteiger partial charge in [-0.05, 0) is 18.3 Å². The standard InChI is InChI=1S/C21H31F2NO3/c1-11-15(21(25)26)9-24-14(8-13-6-4-3-5-7-13)10-27-20-18(23)17(22)12(2)16(11)19(20)24/h12-20H,1,3-10H2,2H3,(H,25,26)/t12?,14-,15?,16?,17?,18?,19?,20?/m0/s1. The summed E-state index contributed by atoms with van der Waals surface area (Å²) in [6.45, 7) is 6.42. The number of halogens is 2. The largest absolute Gasteiger partial charge is 0.481 e. The third-order valence-electron chi connectivity index (χ3n) is 7.62. The number of carboxylic acids is 1. The third kappa shape index (κ3) is 3.23. The van der Waals surface area contributed by atoms with E-state index in [1.54, 1.807) is 6.92 Å². The molecule has 4 rings (SSSR count). The fourth-order valence-electron chi connectivity index (χ4n) is 6.16. The van der Waals surface area contributed by atoms with Gasteiger partial charge in [0, 0.05) is 24.5 Å². The molecule has 6 heteroatoms. The van der Waals surface area contributed by atoms with Crippen LogP contribution in [0.15, 0.2) is 12.2 Å². The van der Waals surface area contributed by atoms with E-state index < -0.39 is 36.3 Å². The second-order valence-electron chi connectivity index (χ2n) is 9.12. The second kappa shape index (κ2) is 7.43. The number of hydrogen-bond donors (Lipinski definition) is 1. The summed E-state index contributed by atoms with van der Waals surface area (Å²) in [5.74, 6) is -1.98. The lowest BCUT2D eigenvalue weighted by molar-refractivity contribution is -0.202. The van der Waals surface area contributed by atoms with Gasteiger partial charge in [-0.15, -0.1) is 0 Å². The number of piperidine rings is 1. The third-order valence-corrected chi connectivity index (χ3v) is 7.62. The van der Waals surface area contributed by atoms with Crippen molar-refractivity contribution in [2.75, 3.05) is 13.2 Å². The maximum atomic E-state index is 14.8. The Labute approximate surface area is 159 Å². The molecular formula is C21H31F2NO3. The van der Waals surface area contributed by atoms with Gasteiger partial charge >= 0.3 is 5.97 Å². The fourth-order valence-corrected chi connectivity index (χ4v) is 6.16. The first-order valence-electron chi connectivity index (χ1n) is 10.5. The first kappa shape index (κ1) is 19.3. The van der Waals surface area contributed by atoms with Gasteiger partial charge < -0.3 is 9.84 Å². The Morgan fingerprint density at radius 3 is 2.63 bits per heavy atom. The van der Waals surface area contributed by atoms with Crippen LogP contribution in [0.4, 0.5) is 8.78 Å². The minimum Gasteiger partial charge on any atom is -0.481 e. The average Bonchev–Trinajstić information content (AvgIpc) is 2.66. The predicted molar refractivity (Wildman–Crippen MR) is 97.9 cm³/mol. The molecule has 4 fully saturated rings. The highest BCUT2D eigenvalue weighted by Crippen LogP contribution is 2.49. The molecule has 0 bridgehead atoms. The smallest absolute Gasteiger partial charge is 0.311 e. The van der Waals surface area contributed by atoms with Crippen molar-refractivity contribution in [1.29, 1.82) is 0 Å². The summed E-state index contributed by atoms with van der Waals surface area (Å²) in [4.78, 5) is 14.0. The maximum absolute atomic E-state index is 14.8. The van der Waals surface area contributed by atoms with Gasteiger partial charge in [0.15, 0.2) is 6.17 Å². The second-order valence-corrected chi connectivity index (χ2v) is 9.12. The summed E-state index contributed by atoms with van der Waals surface area (Å²) in [5.41, 5.74) is 0.540. The predicted octanol–water partition coefficient (Wildman–Crippen LogP) is 3.61. The Hall–Kier alpha value is -1.01. The van der Waals surface area contributed by atoms with Gasteiger partial charge in [0.2, 0.25) is 0 Å². The summed E-state index contributed by atoms with van der Waals surface area (Å²) in [7, 11) is 0. The van der Waals surface area contributed by atoms with Crippen molar-refractivity contribution in [2.24, 2.45) is 23.7 Å². The molecule has 27 heavy (non-hydrogen) atoms. The van der Waals surface area contributed by atoms with Crippen molar-refractivity contribution in [2.45, 2.75) is 76.0 Å². The van der Waals surface area contributed by atoms with E-state index >= 15 is 0 Å². The molecule has 2 aliphatic carbocycles. The molecule has 0 aromatic carbocycles. The molecule has 4 nitrogen and oxygen atoms in total. The number of ether oxygens (including phenoxy) is 1. The average molecular weight is 383 g/mol. The summed E-state index contributed by atoms with van der Waals surface area (Å²) in [5, 5.41) is 9.72. The van der Waals surface area contributed by atoms with Crippen LogP contribution in [0.1, 0.15) is 45.4 Å². The number of rotatable bonds is 3. The molecule has 8 atom stereocenters. The molecule has 152 valence electrons. The van der Waals surface area contributed by atoms with Crippen molar-refractivity contribution in [3.05, 3.63) is 12.2 Å². The number of carbonyl (C=O) groups is 1. The first-order chi connectivity index (χ1) is 12.9. The van der Waals surface area contributed by atoms with E-state index in [0.717, 1.165) is 6.42 Å². The van der Waals surface area contributed by atoms with Crippen molar-refractivity contribution in [1.82, 2.24) is 4.90 Å². The van der Waals surface area contributed by atoms with E-state index in [9.17, 15) is 18.7 Å². The molecule has 0 spiro atoms. The minimum absolute atomic E-state index is 0.0855. The molecule has 0 aromatic heterocycles. The van der Waals surface area contributed by atoms with Crippen LogP contribution in [0.25, 0.3) is 0 Å². The van der Waals surface area contributed by atoms with Crippen LogP contribution in [0, 0.1) is 23.7 Å². The van der Waals surface area contributed by atoms with Crippen molar-refractivity contribution in [3.63, 3.8) is 0 Å². The molecule has 1 N–H and O–H groups in total. The van der Waals surface area contributed by atoms with Crippen LogP contribution >= 0.6 is 0 Å². The molecule has 2 saturated carbocycles. The molecule has 2 aliphatic heterocycles. The summed E-state index contributed by atoms with van der Waals surface area (Å²) >= 11 is 0. The zero-order valence-corrected chi connectivity index (χ0v) is 16.0. The van der Waals surface area contributed by atoms with E-state index in [2.05, 4.69) is 11.5 Å². The Morgan fingerprint density at radius 2 is 1.96 bits per heavy atom. The maximum Gasteiger partial charge on any atom is 0.311 e. The molecular weight excluding hydrogens is 352 g/mol. The molecule has 4 aliphatic rings. The Kier molecular flexibility index (Phi) is 5.32. The fraction of sp³-hybridized carbons (Fsp3) is 0.857. The van der Waals surface area contributed by atoms with E-state index in [4.69, 9.17) is 4.74 Å². The summed E-state index contributed by atoms with van der Waals surface area (Å²) < 4.78 is 35.3. The zero-order chi connectivity index (χ0) is 19.3. The summed E-state index contributed by atoms with van der Waals surface area (Å²) in [6, 6.07) is -0.213. The van der Waals surface area contributed by atoms with Crippen LogP contribution in [-0.4, -0.2) is 59.7 Å². The molecule has 0 aromatic rings. The first-order valence-corrected chi connectivity index (χ1v) is 10.5. The Bertz CT molecular complexity index is 594. The lowest BCUT2D eigenvalue weighted by atomic mass is 9.63. The number of nitrogens with zero attached hydrogens (tertiary/aromatic N) is 1. The van der Waals surface area contributed by atoms with Gasteiger partial charge in [-0.25, -0.2) is 8.78 Å². The Morgan fingerprint density at radius 1 is 1.26 bits per heavy atom. The van der Waals surface area contributed by atoms with Crippen LogP contribution in [0.2, 0.25) is 0 Å². The SMILES string of the molecule is C=C1C(C(=O)O)CN2C3C(OC[C@@H]2CC2CCCCC2)C(F)C(F)C(C)C13. The van der Waals surface area contributed by atoms with Gasteiger partial charge in [-0.3, -0.25) is 9.69 Å². The monoisotopic (exact) mass is 383 g/mol. The summed E-state index contributed by atoms with van der Waals surface area (Å²) in [6.07, 6.45) is 3.01. The molecule has 2 heterocycles. The normalized spacial score (nSPS) is 46.1.